The Kier molecular flexibility index (Phi) is 7.71. The number of carbonyl (C=O) groups is 2. The lowest BCUT2D eigenvalue weighted by atomic mass is 9.88. The zero-order chi connectivity index (χ0) is 24.1. The number of piperidine rings is 2. The van der Waals surface area contributed by atoms with E-state index in [4.69, 9.17) is 0 Å². The SMILES string of the molecule is CC(=O)N1CC[C@@H](NC(=O)Nc2nnnn2C)[C@H](CN2CCCC(Cc3ccc(F)cc3)C2)C1. The van der Waals surface area contributed by atoms with Crippen LogP contribution in [0.3, 0.4) is 0 Å². The molecule has 1 aromatic heterocycles. The van der Waals surface area contributed by atoms with Gasteiger partial charge in [0.1, 0.15) is 5.82 Å². The Morgan fingerprint density at radius 1 is 1.15 bits per heavy atom. The van der Waals surface area contributed by atoms with E-state index in [1.165, 1.54) is 16.8 Å². The molecule has 0 spiro atoms. The smallest absolute Gasteiger partial charge is 0.321 e. The molecule has 2 fully saturated rings. The summed E-state index contributed by atoms with van der Waals surface area (Å²) < 4.78 is 14.6. The van der Waals surface area contributed by atoms with Crippen LogP contribution in [0.5, 0.6) is 0 Å². The molecule has 3 atom stereocenters. The Balaban J connectivity index is 1.37. The van der Waals surface area contributed by atoms with Crippen LogP contribution < -0.4 is 10.6 Å². The van der Waals surface area contributed by atoms with Crippen molar-refractivity contribution in [2.24, 2.45) is 18.9 Å². The highest BCUT2D eigenvalue weighted by Gasteiger charge is 2.34. The molecule has 1 aromatic carbocycles. The summed E-state index contributed by atoms with van der Waals surface area (Å²) in [6.07, 6.45) is 3.87. The van der Waals surface area contributed by atoms with Crippen molar-refractivity contribution in [2.75, 3.05) is 38.0 Å². The monoisotopic (exact) mass is 472 g/mol. The topological polar surface area (TPSA) is 108 Å². The second-order valence-electron chi connectivity index (χ2n) is 9.44. The predicted molar refractivity (Wildman–Crippen MR) is 124 cm³/mol. The number of likely N-dealkylation sites (tertiary alicyclic amines) is 2. The molecule has 3 amide bonds. The van der Waals surface area contributed by atoms with E-state index in [2.05, 4.69) is 31.1 Å². The number of amides is 3. The van der Waals surface area contributed by atoms with Crippen LogP contribution in [0.25, 0.3) is 0 Å². The van der Waals surface area contributed by atoms with Crippen LogP contribution in [0, 0.1) is 17.7 Å². The number of rotatable bonds is 6. The molecule has 2 aliphatic heterocycles. The van der Waals surface area contributed by atoms with Crippen LogP contribution in [0.1, 0.15) is 31.7 Å². The first-order chi connectivity index (χ1) is 16.4. The fourth-order valence-electron chi connectivity index (χ4n) is 5.10. The molecule has 1 unspecified atom stereocenters. The average molecular weight is 473 g/mol. The van der Waals surface area contributed by atoms with Gasteiger partial charge in [-0.05, 0) is 66.3 Å². The van der Waals surface area contributed by atoms with Crippen LogP contribution in [0.15, 0.2) is 24.3 Å². The summed E-state index contributed by atoms with van der Waals surface area (Å²) in [5.74, 6) is 0.746. The van der Waals surface area contributed by atoms with Gasteiger partial charge in [-0.25, -0.2) is 13.9 Å². The van der Waals surface area contributed by atoms with Gasteiger partial charge >= 0.3 is 6.03 Å². The van der Waals surface area contributed by atoms with Crippen molar-refractivity contribution >= 4 is 17.9 Å². The normalized spacial score (nSPS) is 23.5. The lowest BCUT2D eigenvalue weighted by Gasteiger charge is -2.42. The standard InChI is InChI=1S/C23H33FN8O2/c1-16(33)32-11-9-21(25-23(34)26-22-27-28-29-30(22)2)19(15-32)14-31-10-3-4-18(13-31)12-17-5-7-20(24)8-6-17/h5-8,18-19,21H,3-4,9-15H2,1-2H3,(H2,25,26,27,29,34)/t18?,19-,21-/m1/s1. The first-order valence-corrected chi connectivity index (χ1v) is 11.9. The van der Waals surface area contributed by atoms with Crippen molar-refractivity contribution in [1.29, 1.82) is 0 Å². The van der Waals surface area contributed by atoms with Gasteiger partial charge in [0.25, 0.3) is 5.95 Å². The molecule has 184 valence electrons. The number of hydrogen-bond acceptors (Lipinski definition) is 6. The fourth-order valence-corrected chi connectivity index (χ4v) is 5.10. The van der Waals surface area contributed by atoms with Crippen molar-refractivity contribution in [1.82, 2.24) is 35.3 Å². The molecule has 0 bridgehead atoms. The lowest BCUT2D eigenvalue weighted by molar-refractivity contribution is -0.131. The number of benzene rings is 1. The highest BCUT2D eigenvalue weighted by molar-refractivity contribution is 5.87. The number of nitrogens with one attached hydrogen (secondary N) is 2. The van der Waals surface area contributed by atoms with Crippen LogP contribution in [-0.2, 0) is 18.3 Å². The minimum Gasteiger partial charge on any atom is -0.342 e. The molecular formula is C23H33FN8O2. The van der Waals surface area contributed by atoms with Gasteiger partial charge in [-0.1, -0.05) is 17.2 Å². The van der Waals surface area contributed by atoms with E-state index >= 15 is 0 Å². The number of aromatic nitrogens is 4. The molecule has 2 aromatic rings. The van der Waals surface area contributed by atoms with E-state index in [0.29, 0.717) is 25.4 Å². The zero-order valence-corrected chi connectivity index (χ0v) is 19.8. The largest absolute Gasteiger partial charge is 0.342 e. The van der Waals surface area contributed by atoms with E-state index < -0.39 is 0 Å². The molecule has 2 saturated heterocycles. The summed E-state index contributed by atoms with van der Waals surface area (Å²) in [5.41, 5.74) is 1.16. The van der Waals surface area contributed by atoms with Crippen LogP contribution >= 0.6 is 0 Å². The third kappa shape index (κ3) is 6.28. The van der Waals surface area contributed by atoms with E-state index in [1.807, 2.05) is 17.0 Å². The van der Waals surface area contributed by atoms with Crippen LogP contribution in [-0.4, -0.2) is 80.7 Å². The molecule has 0 aliphatic carbocycles. The average Bonchev–Trinajstić information content (AvgIpc) is 3.21. The summed E-state index contributed by atoms with van der Waals surface area (Å²) >= 11 is 0. The van der Waals surface area contributed by atoms with Crippen molar-refractivity contribution in [3.63, 3.8) is 0 Å². The van der Waals surface area contributed by atoms with Crippen molar-refractivity contribution in [2.45, 2.75) is 38.6 Å². The maximum absolute atomic E-state index is 13.2. The van der Waals surface area contributed by atoms with Gasteiger partial charge in [-0.15, -0.1) is 0 Å². The van der Waals surface area contributed by atoms with Crippen LogP contribution in [0.4, 0.5) is 15.1 Å². The van der Waals surface area contributed by atoms with E-state index in [-0.39, 0.29) is 35.7 Å². The van der Waals surface area contributed by atoms with E-state index in [0.717, 1.165) is 44.5 Å². The molecule has 0 radical (unpaired) electrons. The second-order valence-corrected chi connectivity index (χ2v) is 9.44. The summed E-state index contributed by atoms with van der Waals surface area (Å²) in [6.45, 7) is 5.59. The number of nitrogens with zero attached hydrogens (tertiary/aromatic N) is 6. The second kappa shape index (κ2) is 10.9. The van der Waals surface area contributed by atoms with E-state index in [1.54, 1.807) is 14.0 Å². The summed E-state index contributed by atoms with van der Waals surface area (Å²) in [6, 6.07) is 6.36. The first kappa shape index (κ1) is 24.1. The molecule has 4 rings (SSSR count). The van der Waals surface area contributed by atoms with Gasteiger partial charge in [0.2, 0.25) is 5.91 Å². The maximum Gasteiger partial charge on any atom is 0.321 e. The van der Waals surface area contributed by atoms with Crippen molar-refractivity contribution in [3.8, 4) is 0 Å². The number of tetrazole rings is 1. The van der Waals surface area contributed by atoms with Gasteiger partial charge in [-0.3, -0.25) is 10.1 Å². The zero-order valence-electron chi connectivity index (χ0n) is 19.8. The number of aryl methyl sites for hydroxylation is 1. The van der Waals surface area contributed by atoms with E-state index in [9.17, 15) is 14.0 Å². The molecule has 10 nitrogen and oxygen atoms in total. The number of anilines is 1. The molecule has 34 heavy (non-hydrogen) atoms. The minimum absolute atomic E-state index is 0.0609. The van der Waals surface area contributed by atoms with Crippen molar-refractivity contribution < 1.29 is 14.0 Å². The Labute approximate surface area is 198 Å². The third-order valence-corrected chi connectivity index (χ3v) is 6.87. The summed E-state index contributed by atoms with van der Waals surface area (Å²) in [5, 5.41) is 16.8. The predicted octanol–water partition coefficient (Wildman–Crippen LogP) is 1.66. The molecule has 2 aliphatic rings. The summed E-state index contributed by atoms with van der Waals surface area (Å²) in [4.78, 5) is 29.0. The highest BCUT2D eigenvalue weighted by Crippen LogP contribution is 2.25. The molecule has 0 saturated carbocycles. The third-order valence-electron chi connectivity index (χ3n) is 6.87. The van der Waals surface area contributed by atoms with Crippen LogP contribution in [0.2, 0.25) is 0 Å². The lowest BCUT2D eigenvalue weighted by Crippen LogP contribution is -2.56. The first-order valence-electron chi connectivity index (χ1n) is 11.9. The van der Waals surface area contributed by atoms with Gasteiger partial charge in [0.15, 0.2) is 0 Å². The molecule has 2 N–H and O–H groups in total. The van der Waals surface area contributed by atoms with Gasteiger partial charge in [0.05, 0.1) is 0 Å². The highest BCUT2D eigenvalue weighted by atomic mass is 19.1. The van der Waals surface area contributed by atoms with Gasteiger partial charge < -0.3 is 15.1 Å². The molecular weight excluding hydrogens is 439 g/mol. The Bertz CT molecular complexity index is 982. The number of urea groups is 1. The maximum atomic E-state index is 13.2. The quantitative estimate of drug-likeness (QED) is 0.662. The number of carbonyl (C=O) groups excluding carboxylic acids is 2. The molecule has 11 heteroatoms. The van der Waals surface area contributed by atoms with Crippen molar-refractivity contribution in [3.05, 3.63) is 35.6 Å². The number of halogens is 1. The molecule has 3 heterocycles. The Hall–Kier alpha value is -3.08. The van der Waals surface area contributed by atoms with Gasteiger partial charge in [-0.2, -0.15) is 0 Å². The Morgan fingerprint density at radius 2 is 1.94 bits per heavy atom. The fraction of sp³-hybridized carbons (Fsp3) is 0.609. The van der Waals surface area contributed by atoms with Gasteiger partial charge in [0, 0.05) is 52.1 Å². The summed E-state index contributed by atoms with van der Waals surface area (Å²) in [7, 11) is 1.66. The Morgan fingerprint density at radius 3 is 2.65 bits per heavy atom. The minimum atomic E-state index is -0.350. The number of hydrogen-bond donors (Lipinski definition) is 2.